The first-order valence-corrected chi connectivity index (χ1v) is 7.29. The monoisotopic (exact) mass is 238 g/mol. The summed E-state index contributed by atoms with van der Waals surface area (Å²) in [5.41, 5.74) is 0. The molecular formula is C10H23O4P. The zero-order chi connectivity index (χ0) is 11.7. The molecule has 15 heavy (non-hydrogen) atoms. The number of rotatable bonds is 9. The number of aliphatic hydroxyl groups excluding tert-OH is 1. The highest BCUT2D eigenvalue weighted by Crippen LogP contribution is 2.48. The third-order valence-electron chi connectivity index (χ3n) is 2.09. The molecule has 0 aromatic heterocycles. The van der Waals surface area contributed by atoms with Crippen molar-refractivity contribution < 1.29 is 18.7 Å². The highest BCUT2D eigenvalue weighted by molar-refractivity contribution is 7.53. The Morgan fingerprint density at radius 3 is 2.20 bits per heavy atom. The topological polar surface area (TPSA) is 55.8 Å². The first-order chi connectivity index (χ1) is 7.08. The van der Waals surface area contributed by atoms with Crippen LogP contribution < -0.4 is 0 Å². The van der Waals surface area contributed by atoms with Gasteiger partial charge in [0, 0.05) is 6.61 Å². The maximum atomic E-state index is 12.0. The minimum Gasteiger partial charge on any atom is -0.396 e. The summed E-state index contributed by atoms with van der Waals surface area (Å²) in [4.78, 5) is 0. The van der Waals surface area contributed by atoms with E-state index >= 15 is 0 Å². The smallest absolute Gasteiger partial charge is 0.330 e. The molecule has 4 nitrogen and oxygen atoms in total. The van der Waals surface area contributed by atoms with Crippen LogP contribution in [0, 0.1) is 5.92 Å². The van der Waals surface area contributed by atoms with Gasteiger partial charge in [0.15, 0.2) is 0 Å². The Morgan fingerprint density at radius 2 is 1.80 bits per heavy atom. The first kappa shape index (κ1) is 15.1. The van der Waals surface area contributed by atoms with E-state index < -0.39 is 7.60 Å². The van der Waals surface area contributed by atoms with E-state index in [1.54, 1.807) is 0 Å². The largest absolute Gasteiger partial charge is 0.396 e. The Balaban J connectivity index is 3.90. The van der Waals surface area contributed by atoms with Gasteiger partial charge in [0.25, 0.3) is 0 Å². The van der Waals surface area contributed by atoms with Gasteiger partial charge in [0.1, 0.15) is 0 Å². The molecule has 0 saturated carbocycles. The molecule has 0 bridgehead atoms. The van der Waals surface area contributed by atoms with Crippen LogP contribution in [0.5, 0.6) is 0 Å². The second-order valence-electron chi connectivity index (χ2n) is 3.60. The molecule has 5 heteroatoms. The molecule has 92 valence electrons. The Bertz CT molecular complexity index is 186. The van der Waals surface area contributed by atoms with Crippen molar-refractivity contribution in [3.8, 4) is 0 Å². The lowest BCUT2D eigenvalue weighted by molar-refractivity contribution is 0.213. The predicted molar refractivity (Wildman–Crippen MR) is 61.2 cm³/mol. The van der Waals surface area contributed by atoms with Crippen LogP contribution in [-0.2, 0) is 13.6 Å². The highest BCUT2D eigenvalue weighted by atomic mass is 31.2. The normalized spacial score (nSPS) is 14.1. The summed E-state index contributed by atoms with van der Waals surface area (Å²) in [6, 6.07) is 0. The third-order valence-corrected chi connectivity index (χ3v) is 4.26. The molecule has 0 aromatic carbocycles. The summed E-state index contributed by atoms with van der Waals surface area (Å²) in [5.74, 6) is 0.252. The van der Waals surface area contributed by atoms with Gasteiger partial charge in [-0.05, 0) is 32.6 Å². The maximum Gasteiger partial charge on any atom is 0.330 e. The van der Waals surface area contributed by atoms with Crippen LogP contribution in [0.25, 0.3) is 0 Å². The molecule has 1 unspecified atom stereocenters. The van der Waals surface area contributed by atoms with Crippen LogP contribution in [0.15, 0.2) is 0 Å². The lowest BCUT2D eigenvalue weighted by Gasteiger charge is -2.17. The molecule has 0 rings (SSSR count). The quantitative estimate of drug-likeness (QED) is 0.627. The summed E-state index contributed by atoms with van der Waals surface area (Å²) in [6.07, 6.45) is 2.05. The van der Waals surface area contributed by atoms with Crippen molar-refractivity contribution in [3.05, 3.63) is 0 Å². The van der Waals surface area contributed by atoms with Crippen LogP contribution in [-0.4, -0.2) is 31.1 Å². The molecule has 0 aliphatic carbocycles. The fraction of sp³-hybridized carbons (Fsp3) is 1.00. The predicted octanol–water partition coefficient (Wildman–Crippen LogP) is 2.66. The third kappa shape index (κ3) is 7.07. The van der Waals surface area contributed by atoms with Gasteiger partial charge in [-0.25, -0.2) is 0 Å². The van der Waals surface area contributed by atoms with Gasteiger partial charge in [0.2, 0.25) is 0 Å². The van der Waals surface area contributed by atoms with Gasteiger partial charge in [0.05, 0.1) is 19.4 Å². The summed E-state index contributed by atoms with van der Waals surface area (Å²) >= 11 is 0. The molecule has 0 aliphatic rings. The van der Waals surface area contributed by atoms with Crippen LogP contribution >= 0.6 is 7.60 Å². The van der Waals surface area contributed by atoms with Crippen molar-refractivity contribution >= 4 is 7.60 Å². The maximum absolute atomic E-state index is 12.0. The van der Waals surface area contributed by atoms with Gasteiger partial charge < -0.3 is 14.2 Å². The van der Waals surface area contributed by atoms with Crippen molar-refractivity contribution in [2.45, 2.75) is 33.6 Å². The van der Waals surface area contributed by atoms with Crippen molar-refractivity contribution in [3.63, 3.8) is 0 Å². The van der Waals surface area contributed by atoms with E-state index in [9.17, 15) is 4.57 Å². The fourth-order valence-corrected chi connectivity index (χ4v) is 2.97. The van der Waals surface area contributed by atoms with Crippen molar-refractivity contribution in [2.24, 2.45) is 5.92 Å². The lowest BCUT2D eigenvalue weighted by Crippen LogP contribution is -2.04. The molecule has 0 radical (unpaired) electrons. The van der Waals surface area contributed by atoms with Crippen molar-refractivity contribution in [2.75, 3.05) is 26.0 Å². The standard InChI is InChI=1S/C10H23O4P/c1-4-13-15(12,14-5-2)8-6-7-10(3)9-11/h10-11H,4-9H2,1-3H3. The Kier molecular flexibility index (Phi) is 8.34. The van der Waals surface area contributed by atoms with E-state index in [4.69, 9.17) is 14.2 Å². The summed E-state index contributed by atoms with van der Waals surface area (Å²) in [5, 5.41) is 8.84. The van der Waals surface area contributed by atoms with E-state index in [0.717, 1.165) is 12.8 Å². The average molecular weight is 238 g/mol. The minimum absolute atomic E-state index is 0.174. The van der Waals surface area contributed by atoms with E-state index in [1.165, 1.54) is 0 Å². The molecule has 0 aromatic rings. The van der Waals surface area contributed by atoms with Crippen LogP contribution in [0.2, 0.25) is 0 Å². The van der Waals surface area contributed by atoms with Crippen molar-refractivity contribution in [1.82, 2.24) is 0 Å². The van der Waals surface area contributed by atoms with E-state index in [-0.39, 0.29) is 12.5 Å². The fourth-order valence-electron chi connectivity index (χ4n) is 1.28. The second-order valence-corrected chi connectivity index (χ2v) is 5.79. The van der Waals surface area contributed by atoms with Crippen LogP contribution in [0.3, 0.4) is 0 Å². The molecular weight excluding hydrogens is 215 g/mol. The molecule has 0 spiro atoms. The number of hydrogen-bond donors (Lipinski definition) is 1. The molecule has 1 atom stereocenters. The zero-order valence-electron chi connectivity index (χ0n) is 9.94. The number of aliphatic hydroxyl groups is 1. The second kappa shape index (κ2) is 8.28. The molecule has 0 heterocycles. The minimum atomic E-state index is -2.87. The lowest BCUT2D eigenvalue weighted by atomic mass is 10.1. The average Bonchev–Trinajstić information content (AvgIpc) is 2.18. The molecule has 0 saturated heterocycles. The number of hydrogen-bond acceptors (Lipinski definition) is 4. The zero-order valence-corrected chi connectivity index (χ0v) is 10.8. The Morgan fingerprint density at radius 1 is 1.27 bits per heavy atom. The first-order valence-electron chi connectivity index (χ1n) is 5.57. The van der Waals surface area contributed by atoms with Gasteiger partial charge in [-0.1, -0.05) is 6.92 Å². The van der Waals surface area contributed by atoms with Crippen LogP contribution in [0.1, 0.15) is 33.6 Å². The molecule has 0 fully saturated rings. The Labute approximate surface area is 92.5 Å². The van der Waals surface area contributed by atoms with Gasteiger partial charge in [-0.15, -0.1) is 0 Å². The van der Waals surface area contributed by atoms with Gasteiger partial charge in [-0.2, -0.15) is 0 Å². The van der Waals surface area contributed by atoms with Gasteiger partial charge in [-0.3, -0.25) is 4.57 Å². The van der Waals surface area contributed by atoms with Crippen LogP contribution in [0.4, 0.5) is 0 Å². The van der Waals surface area contributed by atoms with Crippen molar-refractivity contribution in [1.29, 1.82) is 0 Å². The van der Waals surface area contributed by atoms with E-state index in [2.05, 4.69) is 0 Å². The van der Waals surface area contributed by atoms with E-state index in [0.29, 0.717) is 19.4 Å². The molecule has 1 N–H and O–H groups in total. The van der Waals surface area contributed by atoms with E-state index in [1.807, 2.05) is 20.8 Å². The molecule has 0 amide bonds. The Hall–Kier alpha value is 0.110. The summed E-state index contributed by atoms with van der Waals surface area (Å²) in [6.45, 7) is 6.57. The summed E-state index contributed by atoms with van der Waals surface area (Å²) < 4.78 is 22.3. The SMILES string of the molecule is CCOP(=O)(CCCC(C)CO)OCC. The molecule has 0 aliphatic heterocycles. The van der Waals surface area contributed by atoms with Gasteiger partial charge >= 0.3 is 7.60 Å². The highest BCUT2D eigenvalue weighted by Gasteiger charge is 2.22. The summed E-state index contributed by atoms with van der Waals surface area (Å²) in [7, 11) is -2.87.